The molecular formula is C18H11FN2O4S2. The molecule has 4 rings (SSSR count). The van der Waals surface area contributed by atoms with E-state index in [2.05, 4.69) is 6.58 Å². The molecular weight excluding hydrogens is 391 g/mol. The first-order valence-corrected chi connectivity index (χ1v) is 9.93. The van der Waals surface area contributed by atoms with Gasteiger partial charge in [-0.25, -0.2) is 21.7 Å². The number of thioether (sulfide) groups is 1. The van der Waals surface area contributed by atoms with E-state index in [0.717, 1.165) is 33.1 Å². The van der Waals surface area contributed by atoms with Crippen LogP contribution in [0, 0.1) is 5.82 Å². The third-order valence-electron chi connectivity index (χ3n) is 4.10. The van der Waals surface area contributed by atoms with Crippen LogP contribution in [0.5, 0.6) is 0 Å². The van der Waals surface area contributed by atoms with Gasteiger partial charge in [0.05, 0.1) is 21.0 Å². The van der Waals surface area contributed by atoms with Crippen LogP contribution in [0.1, 0.15) is 0 Å². The Morgan fingerprint density at radius 2 is 1.67 bits per heavy atom. The largest absolute Gasteiger partial charge is 0.298 e. The highest BCUT2D eigenvalue weighted by Crippen LogP contribution is 2.39. The zero-order chi connectivity index (χ0) is 19.3. The average Bonchev–Trinajstić information content (AvgIpc) is 3.13. The molecule has 0 atom stereocenters. The number of nitrogens with zero attached hydrogens (tertiary/aromatic N) is 2. The maximum Gasteiger partial charge on any atom is 0.298 e. The first kappa shape index (κ1) is 17.5. The lowest BCUT2D eigenvalue weighted by atomic mass is 10.2. The van der Waals surface area contributed by atoms with Gasteiger partial charge >= 0.3 is 0 Å². The summed E-state index contributed by atoms with van der Waals surface area (Å²) in [5, 5.41) is -0.132. The van der Waals surface area contributed by atoms with E-state index in [9.17, 15) is 22.4 Å². The maximum atomic E-state index is 13.2. The molecule has 0 aliphatic carbocycles. The zero-order valence-electron chi connectivity index (χ0n) is 13.6. The molecule has 2 heterocycles. The number of anilines is 1. The number of imide groups is 1. The Morgan fingerprint density at radius 1 is 1.00 bits per heavy atom. The summed E-state index contributed by atoms with van der Waals surface area (Å²) in [7, 11) is -4.07. The van der Waals surface area contributed by atoms with Gasteiger partial charge in [0.1, 0.15) is 5.82 Å². The first-order valence-electron chi connectivity index (χ1n) is 7.67. The molecule has 0 unspecified atom stereocenters. The molecule has 0 saturated carbocycles. The van der Waals surface area contributed by atoms with Crippen LogP contribution in [0.2, 0.25) is 0 Å². The molecule has 0 N–H and O–H groups in total. The lowest BCUT2D eigenvalue weighted by Crippen LogP contribution is -2.27. The number of aromatic nitrogens is 1. The van der Waals surface area contributed by atoms with Gasteiger partial charge in [0.2, 0.25) is 0 Å². The van der Waals surface area contributed by atoms with Crippen molar-refractivity contribution in [2.75, 3.05) is 4.90 Å². The number of amides is 2. The van der Waals surface area contributed by atoms with Crippen LogP contribution in [0.3, 0.4) is 0 Å². The van der Waals surface area contributed by atoms with Crippen molar-refractivity contribution in [3.63, 3.8) is 0 Å². The van der Waals surface area contributed by atoms with Crippen molar-refractivity contribution in [3.05, 3.63) is 72.0 Å². The highest BCUT2D eigenvalue weighted by Gasteiger charge is 2.37. The highest BCUT2D eigenvalue weighted by molar-refractivity contribution is 8.18. The average molecular weight is 402 g/mol. The Morgan fingerprint density at radius 3 is 2.30 bits per heavy atom. The lowest BCUT2D eigenvalue weighted by molar-refractivity contribution is -0.113. The molecule has 0 bridgehead atoms. The van der Waals surface area contributed by atoms with E-state index in [1.54, 1.807) is 24.3 Å². The van der Waals surface area contributed by atoms with Gasteiger partial charge in [-0.05, 0) is 42.1 Å². The first-order chi connectivity index (χ1) is 12.8. The van der Waals surface area contributed by atoms with Crippen LogP contribution in [-0.2, 0) is 14.8 Å². The molecule has 6 nitrogen and oxygen atoms in total. The minimum Gasteiger partial charge on any atom is -0.268 e. The van der Waals surface area contributed by atoms with Crippen LogP contribution in [0.15, 0.2) is 71.1 Å². The number of halogens is 1. The van der Waals surface area contributed by atoms with Gasteiger partial charge in [0, 0.05) is 11.6 Å². The minimum absolute atomic E-state index is 0.0678. The topological polar surface area (TPSA) is 76.5 Å². The van der Waals surface area contributed by atoms with Crippen LogP contribution >= 0.6 is 11.8 Å². The van der Waals surface area contributed by atoms with E-state index >= 15 is 0 Å². The number of benzene rings is 2. The molecule has 0 spiro atoms. The van der Waals surface area contributed by atoms with Crippen molar-refractivity contribution in [1.29, 1.82) is 0 Å². The standard InChI is InChI=1S/C18H11FN2O4S2/c1-11-17(22)21(18(23)26-11)16-10-20(15-5-3-2-4-14(15)16)27(24,25)13-8-6-12(19)7-9-13/h2-10H,1H2. The molecule has 1 saturated heterocycles. The molecule has 1 fully saturated rings. The van der Waals surface area contributed by atoms with Gasteiger partial charge in [0.25, 0.3) is 21.2 Å². The van der Waals surface area contributed by atoms with E-state index in [1.807, 2.05) is 0 Å². The van der Waals surface area contributed by atoms with Gasteiger partial charge in [0.15, 0.2) is 0 Å². The maximum absolute atomic E-state index is 13.2. The van der Waals surface area contributed by atoms with Crippen LogP contribution in [0.4, 0.5) is 14.9 Å². The van der Waals surface area contributed by atoms with E-state index in [-0.39, 0.29) is 15.5 Å². The van der Waals surface area contributed by atoms with Crippen molar-refractivity contribution in [3.8, 4) is 0 Å². The van der Waals surface area contributed by atoms with E-state index in [4.69, 9.17) is 0 Å². The van der Waals surface area contributed by atoms with Crippen molar-refractivity contribution < 1.29 is 22.4 Å². The molecule has 1 aromatic heterocycles. The van der Waals surface area contributed by atoms with Gasteiger partial charge in [-0.15, -0.1) is 0 Å². The Labute approximate surface area is 157 Å². The quantitative estimate of drug-likeness (QED) is 0.624. The molecule has 3 aromatic rings. The van der Waals surface area contributed by atoms with Gasteiger partial charge < -0.3 is 0 Å². The summed E-state index contributed by atoms with van der Waals surface area (Å²) in [5.41, 5.74) is 0.442. The SMILES string of the molecule is C=C1SC(=O)N(c2cn(S(=O)(=O)c3ccc(F)cc3)c3ccccc23)C1=O. The third kappa shape index (κ3) is 2.66. The van der Waals surface area contributed by atoms with Crippen molar-refractivity contribution in [2.24, 2.45) is 0 Å². The summed E-state index contributed by atoms with van der Waals surface area (Å²) in [6.07, 6.45) is 1.22. The van der Waals surface area contributed by atoms with E-state index in [0.29, 0.717) is 22.7 Å². The third-order valence-corrected chi connectivity index (χ3v) is 6.57. The van der Waals surface area contributed by atoms with Crippen molar-refractivity contribution in [1.82, 2.24) is 3.97 Å². The van der Waals surface area contributed by atoms with Crippen LogP contribution in [0.25, 0.3) is 10.9 Å². The van der Waals surface area contributed by atoms with Crippen molar-refractivity contribution >= 4 is 49.5 Å². The molecule has 0 radical (unpaired) electrons. The lowest BCUT2D eigenvalue weighted by Gasteiger charge is -2.10. The summed E-state index contributed by atoms with van der Waals surface area (Å²) in [6.45, 7) is 3.54. The Kier molecular flexibility index (Phi) is 3.93. The number of fused-ring (bicyclic) bond motifs is 1. The molecule has 2 aromatic carbocycles. The minimum atomic E-state index is -4.07. The number of para-hydroxylation sites is 1. The second-order valence-corrected chi connectivity index (χ2v) is 8.58. The Bertz CT molecular complexity index is 1230. The number of carbonyl (C=O) groups is 2. The van der Waals surface area contributed by atoms with E-state index in [1.165, 1.54) is 6.20 Å². The number of rotatable bonds is 3. The monoisotopic (exact) mass is 402 g/mol. The fraction of sp³-hybridized carbons (Fsp3) is 0. The van der Waals surface area contributed by atoms with Gasteiger partial charge in [-0.3, -0.25) is 9.59 Å². The van der Waals surface area contributed by atoms with Crippen LogP contribution < -0.4 is 4.90 Å². The smallest absolute Gasteiger partial charge is 0.268 e. The molecule has 9 heteroatoms. The number of hydrogen-bond acceptors (Lipinski definition) is 5. The summed E-state index contributed by atoms with van der Waals surface area (Å²) in [5.74, 6) is -1.15. The summed E-state index contributed by atoms with van der Waals surface area (Å²) in [6, 6.07) is 10.9. The highest BCUT2D eigenvalue weighted by atomic mass is 32.2. The molecule has 136 valence electrons. The summed E-state index contributed by atoms with van der Waals surface area (Å²) in [4.78, 5) is 25.4. The Hall–Kier alpha value is -2.91. The second kappa shape index (κ2) is 6.07. The van der Waals surface area contributed by atoms with Gasteiger partial charge in [-0.2, -0.15) is 0 Å². The fourth-order valence-corrected chi connectivity index (χ4v) is 4.87. The fourth-order valence-electron chi connectivity index (χ4n) is 2.84. The number of carbonyl (C=O) groups excluding carboxylic acids is 2. The molecule has 2 amide bonds. The zero-order valence-corrected chi connectivity index (χ0v) is 15.3. The predicted molar refractivity (Wildman–Crippen MR) is 101 cm³/mol. The molecule has 27 heavy (non-hydrogen) atoms. The van der Waals surface area contributed by atoms with Crippen LogP contribution in [-0.4, -0.2) is 23.5 Å². The Balaban J connectivity index is 1.96. The summed E-state index contributed by atoms with van der Waals surface area (Å²) < 4.78 is 40.2. The predicted octanol–water partition coefficient (Wildman–Crippen LogP) is 3.73. The van der Waals surface area contributed by atoms with E-state index < -0.39 is 27.0 Å². The molecule has 1 aliphatic rings. The van der Waals surface area contributed by atoms with Gasteiger partial charge in [-0.1, -0.05) is 24.8 Å². The van der Waals surface area contributed by atoms with Crippen molar-refractivity contribution in [2.45, 2.75) is 4.90 Å². The normalized spacial score (nSPS) is 15.1. The number of hydrogen-bond donors (Lipinski definition) is 0. The second-order valence-electron chi connectivity index (χ2n) is 5.72. The molecule has 1 aliphatic heterocycles. The summed E-state index contributed by atoms with van der Waals surface area (Å²) >= 11 is 0.697.